The molecule has 1 heterocycles. The molecular weight excluding hydrogens is 453 g/mol. The van der Waals surface area contributed by atoms with Gasteiger partial charge < -0.3 is 14.8 Å². The third-order valence-electron chi connectivity index (χ3n) is 5.22. The van der Waals surface area contributed by atoms with Crippen molar-refractivity contribution in [2.75, 3.05) is 14.2 Å². The number of allylic oxidation sites excluding steroid dienone is 1. The second-order valence-corrected chi connectivity index (χ2v) is 7.50. The van der Waals surface area contributed by atoms with Crippen molar-refractivity contribution >= 4 is 17.6 Å². The van der Waals surface area contributed by atoms with E-state index in [2.05, 4.69) is 15.3 Å². The fourth-order valence-electron chi connectivity index (χ4n) is 3.37. The molecule has 1 aliphatic rings. The molecule has 0 saturated heterocycles. The number of carbonyl (C=O) groups is 3. The highest BCUT2D eigenvalue weighted by Crippen LogP contribution is 2.28. The topological polar surface area (TPSA) is 106 Å². The first-order valence-corrected chi connectivity index (χ1v) is 10.5. The Bertz CT molecular complexity index is 1480. The Morgan fingerprint density at radius 1 is 0.886 bits per heavy atom. The van der Waals surface area contributed by atoms with E-state index in [0.717, 1.165) is 11.6 Å². The third kappa shape index (κ3) is 5.30. The van der Waals surface area contributed by atoms with E-state index in [-0.39, 0.29) is 40.5 Å². The van der Waals surface area contributed by atoms with Crippen molar-refractivity contribution in [1.82, 2.24) is 5.32 Å². The zero-order valence-corrected chi connectivity index (χ0v) is 18.9. The van der Waals surface area contributed by atoms with Crippen molar-refractivity contribution in [3.8, 4) is 11.5 Å². The molecule has 9 heteroatoms. The second-order valence-electron chi connectivity index (χ2n) is 7.50. The smallest absolute Gasteiger partial charge is 0.296 e. The lowest BCUT2D eigenvalue weighted by molar-refractivity contribution is -0.114. The van der Waals surface area contributed by atoms with E-state index < -0.39 is 11.7 Å². The molecule has 3 aromatic rings. The van der Waals surface area contributed by atoms with Crippen LogP contribution in [0.1, 0.15) is 26.3 Å². The molecule has 0 saturated carbocycles. The fraction of sp³-hybridized carbons (Fsp3) is 0.115. The second kappa shape index (κ2) is 10.1. The van der Waals surface area contributed by atoms with Crippen LogP contribution in [-0.4, -0.2) is 31.8 Å². The highest BCUT2D eigenvalue weighted by molar-refractivity contribution is 6.10. The van der Waals surface area contributed by atoms with Crippen molar-refractivity contribution in [3.63, 3.8) is 0 Å². The number of fused-ring (bicyclic) bond motifs is 1. The summed E-state index contributed by atoms with van der Waals surface area (Å²) >= 11 is 0. The van der Waals surface area contributed by atoms with Crippen molar-refractivity contribution in [2.45, 2.75) is 6.54 Å². The standard InChI is InChI=1S/C26H20FN3O5/c1-34-23-10-6-16(12-24(23)35-2)22(31)13-21-26(33)30-20-11-17(5-9-19(20)29-21)25(32)28-14-15-3-7-18(27)8-4-15/h3-13H,14H2,1-2H3,(H,28,32)/b21-13-. The van der Waals surface area contributed by atoms with Crippen LogP contribution in [-0.2, 0) is 11.3 Å². The lowest BCUT2D eigenvalue weighted by Gasteiger charge is -2.09. The number of amides is 2. The van der Waals surface area contributed by atoms with Crippen LogP contribution < -0.4 is 25.5 Å². The van der Waals surface area contributed by atoms with Gasteiger partial charge in [0.25, 0.3) is 11.8 Å². The largest absolute Gasteiger partial charge is 0.493 e. The molecule has 0 spiro atoms. The molecule has 0 aliphatic carbocycles. The van der Waals surface area contributed by atoms with Crippen LogP contribution in [0.3, 0.4) is 0 Å². The van der Waals surface area contributed by atoms with Gasteiger partial charge in [0.2, 0.25) is 0 Å². The van der Waals surface area contributed by atoms with E-state index in [0.29, 0.717) is 16.9 Å². The van der Waals surface area contributed by atoms with Crippen LogP contribution in [0.5, 0.6) is 11.5 Å². The van der Waals surface area contributed by atoms with Crippen LogP contribution in [0.2, 0.25) is 0 Å². The summed E-state index contributed by atoms with van der Waals surface area (Å²) < 4.78 is 23.4. The number of methoxy groups -OCH3 is 2. The number of rotatable bonds is 7. The predicted octanol–water partition coefficient (Wildman–Crippen LogP) is 2.32. The van der Waals surface area contributed by atoms with Crippen molar-refractivity contribution in [1.29, 1.82) is 0 Å². The summed E-state index contributed by atoms with van der Waals surface area (Å²) in [5, 5.41) is 3.30. The molecule has 4 rings (SSSR count). The summed E-state index contributed by atoms with van der Waals surface area (Å²) in [7, 11) is 2.94. The Kier molecular flexibility index (Phi) is 6.77. The maximum Gasteiger partial charge on any atom is 0.296 e. The average Bonchev–Trinajstić information content (AvgIpc) is 2.87. The minimum Gasteiger partial charge on any atom is -0.493 e. The first kappa shape index (κ1) is 23.5. The van der Waals surface area contributed by atoms with Gasteiger partial charge in [0.05, 0.1) is 24.9 Å². The molecule has 0 fully saturated rings. The molecule has 0 atom stereocenters. The van der Waals surface area contributed by atoms with Gasteiger partial charge in [0.1, 0.15) is 11.5 Å². The molecule has 0 bridgehead atoms. The summed E-state index contributed by atoms with van der Waals surface area (Å²) in [6, 6.07) is 15.0. The number of halogens is 1. The van der Waals surface area contributed by atoms with E-state index in [4.69, 9.17) is 9.47 Å². The lowest BCUT2D eigenvalue weighted by atomic mass is 10.1. The van der Waals surface area contributed by atoms with Crippen LogP contribution in [0.15, 0.2) is 82.4 Å². The van der Waals surface area contributed by atoms with Crippen molar-refractivity contribution < 1.29 is 28.2 Å². The zero-order valence-electron chi connectivity index (χ0n) is 18.9. The van der Waals surface area contributed by atoms with Crippen LogP contribution >= 0.6 is 0 Å². The molecule has 0 unspecified atom stereocenters. The van der Waals surface area contributed by atoms with Crippen LogP contribution in [0.25, 0.3) is 0 Å². The molecule has 8 nitrogen and oxygen atoms in total. The van der Waals surface area contributed by atoms with E-state index >= 15 is 0 Å². The number of ether oxygens (including phenoxy) is 2. The van der Waals surface area contributed by atoms with Crippen LogP contribution in [0.4, 0.5) is 4.39 Å². The van der Waals surface area contributed by atoms with Gasteiger partial charge in [0.15, 0.2) is 17.3 Å². The summed E-state index contributed by atoms with van der Waals surface area (Å²) in [5.74, 6) is -1.04. The van der Waals surface area contributed by atoms with Gasteiger partial charge in [-0.15, -0.1) is 0 Å². The Balaban J connectivity index is 1.54. The number of nitrogens with one attached hydrogen (secondary N) is 1. The van der Waals surface area contributed by atoms with E-state index in [1.165, 1.54) is 38.5 Å². The fourth-order valence-corrected chi connectivity index (χ4v) is 3.37. The summed E-state index contributed by atoms with van der Waals surface area (Å²) in [4.78, 5) is 45.9. The Morgan fingerprint density at radius 2 is 1.60 bits per heavy atom. The van der Waals surface area contributed by atoms with Crippen molar-refractivity contribution in [2.24, 2.45) is 9.98 Å². The predicted molar refractivity (Wildman–Crippen MR) is 123 cm³/mol. The third-order valence-corrected chi connectivity index (χ3v) is 5.22. The number of hydrogen-bond donors (Lipinski definition) is 1. The number of ketones is 1. The van der Waals surface area contributed by atoms with Gasteiger partial charge >= 0.3 is 0 Å². The van der Waals surface area contributed by atoms with Crippen molar-refractivity contribution in [3.05, 3.63) is 106 Å². The van der Waals surface area contributed by atoms with Gasteiger partial charge in [-0.25, -0.2) is 14.4 Å². The SMILES string of the molecule is COc1ccc(C(=O)/C=C2\N=c3ccc(C(=O)NCc4ccc(F)cc4)cc3=NC2=O)cc1OC. The first-order valence-electron chi connectivity index (χ1n) is 10.5. The first-order chi connectivity index (χ1) is 16.9. The molecule has 35 heavy (non-hydrogen) atoms. The number of benzene rings is 3. The highest BCUT2D eigenvalue weighted by atomic mass is 19.1. The minimum atomic E-state index is -0.699. The van der Waals surface area contributed by atoms with E-state index in [9.17, 15) is 18.8 Å². The van der Waals surface area contributed by atoms with E-state index in [1.54, 1.807) is 36.4 Å². The quantitative estimate of drug-likeness (QED) is 0.419. The maximum atomic E-state index is 13.0. The zero-order chi connectivity index (χ0) is 24.9. The monoisotopic (exact) mass is 473 g/mol. The van der Waals surface area contributed by atoms with E-state index in [1.807, 2.05) is 0 Å². The number of carbonyl (C=O) groups excluding carboxylic acids is 3. The summed E-state index contributed by atoms with van der Waals surface area (Å²) in [5.41, 5.74) is 1.19. The van der Waals surface area contributed by atoms with Gasteiger partial charge in [-0.1, -0.05) is 12.1 Å². The number of hydrogen-bond acceptors (Lipinski definition) is 6. The lowest BCUT2D eigenvalue weighted by Crippen LogP contribution is -2.33. The normalized spacial score (nSPS) is 13.3. The molecule has 0 aromatic heterocycles. The van der Waals surface area contributed by atoms with Crippen LogP contribution in [0, 0.1) is 5.82 Å². The van der Waals surface area contributed by atoms with Gasteiger partial charge in [0, 0.05) is 23.7 Å². The molecule has 0 radical (unpaired) electrons. The molecular formula is C26H20FN3O5. The average molecular weight is 473 g/mol. The Labute approximate surface area is 199 Å². The number of nitrogens with zero attached hydrogens (tertiary/aromatic N) is 2. The van der Waals surface area contributed by atoms with Gasteiger partial charge in [-0.3, -0.25) is 14.4 Å². The molecule has 2 amide bonds. The Morgan fingerprint density at radius 3 is 2.31 bits per heavy atom. The van der Waals surface area contributed by atoms with Gasteiger partial charge in [-0.05, 0) is 54.1 Å². The molecule has 3 aromatic carbocycles. The maximum absolute atomic E-state index is 13.0. The summed E-state index contributed by atoms with van der Waals surface area (Å²) in [6.07, 6.45) is 1.11. The minimum absolute atomic E-state index is 0.120. The molecule has 176 valence electrons. The molecule has 1 N–H and O–H groups in total. The summed E-state index contributed by atoms with van der Waals surface area (Å²) in [6.45, 7) is 0.210. The molecule has 1 aliphatic heterocycles. The Hall–Kier alpha value is -4.66. The highest BCUT2D eigenvalue weighted by Gasteiger charge is 2.17. The van der Waals surface area contributed by atoms with Gasteiger partial charge in [-0.2, -0.15) is 0 Å².